The molecule has 2 amide bonds. The molecule has 30 heavy (non-hydrogen) atoms. The monoisotopic (exact) mass is 407 g/mol. The van der Waals surface area contributed by atoms with Crippen LogP contribution < -0.4 is 5.32 Å². The summed E-state index contributed by atoms with van der Waals surface area (Å²) in [5, 5.41) is 8.49. The maximum absolute atomic E-state index is 13.2. The maximum atomic E-state index is 13.2. The second-order valence-electron chi connectivity index (χ2n) is 8.33. The van der Waals surface area contributed by atoms with Crippen LogP contribution in [-0.4, -0.2) is 50.6 Å². The van der Waals surface area contributed by atoms with Crippen molar-refractivity contribution < 1.29 is 14.0 Å². The average molecular weight is 407 g/mol. The summed E-state index contributed by atoms with van der Waals surface area (Å²) in [6, 6.07) is 3.66. The molecule has 1 saturated heterocycles. The van der Waals surface area contributed by atoms with Gasteiger partial charge in [-0.1, -0.05) is 0 Å². The molecule has 2 fully saturated rings. The predicted octanol–water partition coefficient (Wildman–Crippen LogP) is 2.78. The first kappa shape index (κ1) is 18.8. The lowest BCUT2D eigenvalue weighted by Crippen LogP contribution is -2.46. The molecule has 0 spiro atoms. The van der Waals surface area contributed by atoms with Crippen molar-refractivity contribution in [1.29, 1.82) is 0 Å². The lowest BCUT2D eigenvalue weighted by molar-refractivity contribution is 0.0697. The number of carbonyl (C=O) groups is 2. The standard InChI is InChI=1S/C22H25N5O3/c1-13-19-17(11-18(14-3-4-14)24-20(19)26(2)25-13)21(28)23-16-5-8-27(9-6-16)22(29)15-7-10-30-12-15/h7,10-12,14,16H,3-6,8-9H2,1-2H3,(H,23,28). The average Bonchev–Trinajstić information content (AvgIpc) is 3.37. The number of aromatic nitrogens is 3. The number of amides is 2. The summed E-state index contributed by atoms with van der Waals surface area (Å²) in [4.78, 5) is 32.3. The largest absolute Gasteiger partial charge is 0.472 e. The first-order chi connectivity index (χ1) is 14.5. The molecule has 0 unspecified atom stereocenters. The van der Waals surface area contributed by atoms with Gasteiger partial charge in [0.15, 0.2) is 5.65 Å². The Balaban J connectivity index is 1.31. The smallest absolute Gasteiger partial charge is 0.257 e. The molecule has 8 nitrogen and oxygen atoms in total. The molecule has 156 valence electrons. The van der Waals surface area contributed by atoms with Crippen LogP contribution in [-0.2, 0) is 7.05 Å². The van der Waals surface area contributed by atoms with Crippen molar-refractivity contribution in [3.05, 3.63) is 47.2 Å². The van der Waals surface area contributed by atoms with Crippen molar-refractivity contribution in [2.24, 2.45) is 7.05 Å². The van der Waals surface area contributed by atoms with Gasteiger partial charge in [-0.2, -0.15) is 5.10 Å². The van der Waals surface area contributed by atoms with E-state index in [2.05, 4.69) is 10.4 Å². The first-order valence-corrected chi connectivity index (χ1v) is 10.5. The Morgan fingerprint density at radius 3 is 2.63 bits per heavy atom. The number of furan rings is 1. The Labute approximate surface area is 174 Å². The van der Waals surface area contributed by atoms with Crippen LogP contribution in [0, 0.1) is 6.92 Å². The van der Waals surface area contributed by atoms with Crippen molar-refractivity contribution in [3.8, 4) is 0 Å². The number of aryl methyl sites for hydroxylation is 2. The normalized spacial score (nSPS) is 17.5. The fourth-order valence-electron chi connectivity index (χ4n) is 4.29. The van der Waals surface area contributed by atoms with E-state index < -0.39 is 0 Å². The Kier molecular flexibility index (Phi) is 4.56. The first-order valence-electron chi connectivity index (χ1n) is 10.5. The van der Waals surface area contributed by atoms with Crippen LogP contribution in [0.3, 0.4) is 0 Å². The van der Waals surface area contributed by atoms with Crippen LogP contribution in [0.15, 0.2) is 29.1 Å². The Morgan fingerprint density at radius 1 is 1.20 bits per heavy atom. The third kappa shape index (κ3) is 3.36. The van der Waals surface area contributed by atoms with Crippen molar-refractivity contribution in [2.45, 2.75) is 44.6 Å². The number of hydrogen-bond acceptors (Lipinski definition) is 5. The molecule has 8 heteroatoms. The molecule has 1 N–H and O–H groups in total. The van der Waals surface area contributed by atoms with Gasteiger partial charge in [-0.15, -0.1) is 0 Å². The van der Waals surface area contributed by atoms with E-state index in [1.165, 1.54) is 12.5 Å². The molecule has 0 radical (unpaired) electrons. The van der Waals surface area contributed by atoms with Gasteiger partial charge in [0, 0.05) is 37.8 Å². The number of nitrogens with zero attached hydrogens (tertiary/aromatic N) is 4. The van der Waals surface area contributed by atoms with E-state index in [0.717, 1.165) is 48.1 Å². The fraction of sp³-hybridized carbons (Fsp3) is 0.455. The minimum absolute atomic E-state index is 0.0237. The topological polar surface area (TPSA) is 93.3 Å². The number of pyridine rings is 1. The second kappa shape index (κ2) is 7.27. The molecule has 0 atom stereocenters. The van der Waals surface area contributed by atoms with Crippen LogP contribution in [0.4, 0.5) is 0 Å². The van der Waals surface area contributed by atoms with Crippen LogP contribution in [0.5, 0.6) is 0 Å². The lowest BCUT2D eigenvalue weighted by Gasteiger charge is -2.32. The van der Waals surface area contributed by atoms with Crippen molar-refractivity contribution in [3.63, 3.8) is 0 Å². The molecule has 0 bridgehead atoms. The Hall–Kier alpha value is -3.16. The predicted molar refractivity (Wildman–Crippen MR) is 110 cm³/mol. The van der Waals surface area contributed by atoms with Crippen molar-refractivity contribution in [2.75, 3.05) is 13.1 Å². The van der Waals surface area contributed by atoms with E-state index in [1.807, 2.05) is 24.9 Å². The highest BCUT2D eigenvalue weighted by atomic mass is 16.3. The molecule has 3 aromatic rings. The Bertz CT molecular complexity index is 1110. The Morgan fingerprint density at radius 2 is 1.97 bits per heavy atom. The van der Waals surface area contributed by atoms with E-state index in [-0.39, 0.29) is 17.9 Å². The third-order valence-electron chi connectivity index (χ3n) is 6.11. The van der Waals surface area contributed by atoms with Crippen LogP contribution >= 0.6 is 0 Å². The number of carbonyl (C=O) groups excluding carboxylic acids is 2. The van der Waals surface area contributed by atoms with Gasteiger partial charge < -0.3 is 14.6 Å². The number of piperidine rings is 1. The van der Waals surface area contributed by atoms with Crippen molar-refractivity contribution >= 4 is 22.8 Å². The van der Waals surface area contributed by atoms with Crippen LogP contribution in [0.1, 0.15) is 63.7 Å². The van der Waals surface area contributed by atoms with Gasteiger partial charge in [-0.3, -0.25) is 14.3 Å². The third-order valence-corrected chi connectivity index (χ3v) is 6.11. The van der Waals surface area contributed by atoms with Crippen LogP contribution in [0.2, 0.25) is 0 Å². The molecule has 1 saturated carbocycles. The van der Waals surface area contributed by atoms with E-state index in [0.29, 0.717) is 30.1 Å². The van der Waals surface area contributed by atoms with Gasteiger partial charge in [-0.25, -0.2) is 4.98 Å². The number of likely N-dealkylation sites (tertiary alicyclic amines) is 1. The molecule has 4 heterocycles. The minimum atomic E-state index is -0.0833. The zero-order valence-electron chi connectivity index (χ0n) is 17.2. The molecule has 5 rings (SSSR count). The SMILES string of the molecule is Cc1nn(C)c2nc(C3CC3)cc(C(=O)NC3CCN(C(=O)c4ccoc4)CC3)c12. The van der Waals surface area contributed by atoms with Gasteiger partial charge in [0.1, 0.15) is 6.26 Å². The number of rotatable bonds is 4. The highest BCUT2D eigenvalue weighted by Crippen LogP contribution is 2.40. The fourth-order valence-corrected chi connectivity index (χ4v) is 4.29. The zero-order valence-corrected chi connectivity index (χ0v) is 17.2. The summed E-state index contributed by atoms with van der Waals surface area (Å²) in [6.07, 6.45) is 6.68. The van der Waals surface area contributed by atoms with Gasteiger partial charge in [0.25, 0.3) is 11.8 Å². The van der Waals surface area contributed by atoms with E-state index in [4.69, 9.17) is 9.40 Å². The van der Waals surface area contributed by atoms with E-state index >= 15 is 0 Å². The summed E-state index contributed by atoms with van der Waals surface area (Å²) >= 11 is 0. The highest BCUT2D eigenvalue weighted by Gasteiger charge is 2.30. The summed E-state index contributed by atoms with van der Waals surface area (Å²) in [5.74, 6) is 0.345. The number of nitrogens with one attached hydrogen (secondary N) is 1. The maximum Gasteiger partial charge on any atom is 0.257 e. The number of fused-ring (bicyclic) bond motifs is 1. The van der Waals surface area contributed by atoms with Gasteiger partial charge in [0.05, 0.1) is 28.5 Å². The second-order valence-corrected chi connectivity index (χ2v) is 8.33. The summed E-state index contributed by atoms with van der Waals surface area (Å²) < 4.78 is 6.77. The van der Waals surface area contributed by atoms with Gasteiger partial charge in [-0.05, 0) is 44.7 Å². The minimum Gasteiger partial charge on any atom is -0.472 e. The van der Waals surface area contributed by atoms with Gasteiger partial charge in [0.2, 0.25) is 0 Å². The number of hydrogen-bond donors (Lipinski definition) is 1. The summed E-state index contributed by atoms with van der Waals surface area (Å²) in [5.41, 5.74) is 3.78. The molecular formula is C22H25N5O3. The van der Waals surface area contributed by atoms with Crippen LogP contribution in [0.25, 0.3) is 11.0 Å². The van der Waals surface area contributed by atoms with Gasteiger partial charge >= 0.3 is 0 Å². The summed E-state index contributed by atoms with van der Waals surface area (Å²) in [7, 11) is 1.87. The summed E-state index contributed by atoms with van der Waals surface area (Å²) in [6.45, 7) is 3.14. The molecule has 1 aliphatic carbocycles. The lowest BCUT2D eigenvalue weighted by atomic mass is 10.0. The van der Waals surface area contributed by atoms with E-state index in [9.17, 15) is 9.59 Å². The molecular weight excluding hydrogens is 382 g/mol. The molecule has 1 aliphatic heterocycles. The zero-order chi connectivity index (χ0) is 20.8. The molecule has 0 aromatic carbocycles. The molecule has 3 aromatic heterocycles. The highest BCUT2D eigenvalue weighted by molar-refractivity contribution is 6.06. The molecule has 2 aliphatic rings. The van der Waals surface area contributed by atoms with Crippen molar-refractivity contribution in [1.82, 2.24) is 25.0 Å². The van der Waals surface area contributed by atoms with E-state index in [1.54, 1.807) is 10.7 Å². The quantitative estimate of drug-likeness (QED) is 0.718.